The maximum absolute atomic E-state index is 5.82. The van der Waals surface area contributed by atoms with Crippen LogP contribution in [0.15, 0.2) is 46.4 Å². The standard InChI is InChI=1S/C34H58N2Si3/c1-23(2)27-19-17-20-28(24(3)4)31(27)35-33(37(9,10)11)39(15,16)34(38(12,13)14)36-32-29(25(5)6)21-18-22-30(32)26(7)8/h17-26H,1-16H3. The van der Waals surface area contributed by atoms with E-state index in [2.05, 4.69) is 144 Å². The molecule has 0 heterocycles. The number of hydrogen-bond acceptors (Lipinski definition) is 2. The first-order chi connectivity index (χ1) is 17.7. The summed E-state index contributed by atoms with van der Waals surface area (Å²) in [6, 6.07) is 13.7. The highest BCUT2D eigenvalue weighted by atomic mass is 28.4. The highest BCUT2D eigenvalue weighted by Gasteiger charge is 2.45. The van der Waals surface area contributed by atoms with Crippen molar-refractivity contribution >= 4 is 45.5 Å². The predicted octanol–water partition coefficient (Wildman–Crippen LogP) is 11.6. The second kappa shape index (κ2) is 12.5. The Balaban J connectivity index is 3.04. The molecule has 0 saturated carbocycles. The van der Waals surface area contributed by atoms with Gasteiger partial charge in [0.25, 0.3) is 0 Å². The van der Waals surface area contributed by atoms with Crippen LogP contribution in [0, 0.1) is 0 Å². The van der Waals surface area contributed by atoms with Crippen LogP contribution >= 0.6 is 0 Å². The van der Waals surface area contributed by atoms with Gasteiger partial charge in [-0.1, -0.05) is 144 Å². The van der Waals surface area contributed by atoms with Crippen LogP contribution < -0.4 is 0 Å². The molecule has 0 spiro atoms. The Bertz CT molecular complexity index is 1060. The summed E-state index contributed by atoms with van der Waals surface area (Å²) < 4.78 is 0. The SMILES string of the molecule is CC(C)c1cccc(C(C)C)c1N=C([Si](C)(C)C)[Si](C)(C)C(=Nc1c(C(C)C)cccc1C(C)C)[Si](C)(C)C. The van der Waals surface area contributed by atoms with Crippen molar-refractivity contribution in [1.29, 1.82) is 0 Å². The maximum Gasteiger partial charge on any atom is 0.137 e. The molecule has 0 aliphatic carbocycles. The fraction of sp³-hybridized carbons (Fsp3) is 0.588. The summed E-state index contributed by atoms with van der Waals surface area (Å²) >= 11 is 0. The van der Waals surface area contributed by atoms with Crippen molar-refractivity contribution in [3.8, 4) is 0 Å². The minimum absolute atomic E-state index is 0.437. The Labute approximate surface area is 244 Å². The molecule has 2 nitrogen and oxygen atoms in total. The van der Waals surface area contributed by atoms with Gasteiger partial charge >= 0.3 is 0 Å². The van der Waals surface area contributed by atoms with Crippen molar-refractivity contribution in [2.45, 2.75) is 131 Å². The number of rotatable bonds is 10. The molecular formula is C34H58N2Si3. The Kier molecular flexibility index (Phi) is 10.8. The number of nitrogens with zero attached hydrogens (tertiary/aromatic N) is 2. The van der Waals surface area contributed by atoms with Crippen LogP contribution in [0.5, 0.6) is 0 Å². The first-order valence-electron chi connectivity index (χ1n) is 15.2. The van der Waals surface area contributed by atoms with Gasteiger partial charge in [-0.05, 0) is 55.8 Å². The number of hydrogen-bond donors (Lipinski definition) is 0. The lowest BCUT2D eigenvalue weighted by Crippen LogP contribution is -2.62. The average molecular weight is 579 g/mol. The number of benzene rings is 2. The molecule has 2 rings (SSSR count). The summed E-state index contributed by atoms with van der Waals surface area (Å²) in [5, 5.41) is 0. The number of para-hydroxylation sites is 2. The molecule has 0 unspecified atom stereocenters. The van der Waals surface area contributed by atoms with Gasteiger partial charge in [0.05, 0.1) is 27.5 Å². The topological polar surface area (TPSA) is 24.7 Å². The van der Waals surface area contributed by atoms with Crippen LogP contribution in [0.25, 0.3) is 0 Å². The summed E-state index contributed by atoms with van der Waals surface area (Å²) in [5.41, 5.74) is 7.98. The zero-order valence-corrected chi connectivity index (χ0v) is 31.2. The van der Waals surface area contributed by atoms with E-state index in [1.165, 1.54) is 43.5 Å². The van der Waals surface area contributed by atoms with E-state index in [4.69, 9.17) is 9.98 Å². The maximum atomic E-state index is 5.82. The molecule has 0 N–H and O–H groups in total. The lowest BCUT2D eigenvalue weighted by molar-refractivity contribution is 0.835. The van der Waals surface area contributed by atoms with Gasteiger partial charge in [-0.15, -0.1) is 0 Å². The molecular weight excluding hydrogens is 521 g/mol. The van der Waals surface area contributed by atoms with Gasteiger partial charge in [-0.2, -0.15) is 0 Å². The molecule has 2 aromatic rings. The fourth-order valence-electron chi connectivity index (χ4n) is 6.11. The zero-order chi connectivity index (χ0) is 30.1. The van der Waals surface area contributed by atoms with Crippen molar-refractivity contribution in [2.75, 3.05) is 0 Å². The van der Waals surface area contributed by atoms with E-state index >= 15 is 0 Å². The van der Waals surface area contributed by atoms with Crippen LogP contribution in [0.3, 0.4) is 0 Å². The van der Waals surface area contributed by atoms with Crippen molar-refractivity contribution in [1.82, 2.24) is 0 Å². The van der Waals surface area contributed by atoms with Crippen LogP contribution in [0.2, 0.25) is 52.4 Å². The molecule has 0 radical (unpaired) electrons. The van der Waals surface area contributed by atoms with Crippen molar-refractivity contribution in [2.24, 2.45) is 9.98 Å². The van der Waals surface area contributed by atoms with Crippen LogP contribution in [-0.2, 0) is 0 Å². The van der Waals surface area contributed by atoms with Gasteiger partial charge in [0.2, 0.25) is 0 Å². The molecule has 0 bridgehead atoms. The minimum atomic E-state index is -2.21. The summed E-state index contributed by atoms with van der Waals surface area (Å²) in [6.45, 7) is 38.5. The Morgan fingerprint density at radius 2 is 0.692 bits per heavy atom. The molecule has 0 saturated heterocycles. The predicted molar refractivity (Wildman–Crippen MR) is 188 cm³/mol. The van der Waals surface area contributed by atoms with Crippen molar-refractivity contribution in [3.05, 3.63) is 58.7 Å². The van der Waals surface area contributed by atoms with E-state index in [9.17, 15) is 0 Å². The quantitative estimate of drug-likeness (QED) is 0.198. The highest BCUT2D eigenvalue weighted by molar-refractivity contribution is 7.51. The molecule has 5 heteroatoms. The van der Waals surface area contributed by atoms with Gasteiger partial charge in [-0.3, -0.25) is 9.98 Å². The first kappa shape index (κ1) is 33.6. The molecule has 0 aromatic heterocycles. The van der Waals surface area contributed by atoms with Gasteiger partial charge < -0.3 is 0 Å². The van der Waals surface area contributed by atoms with E-state index < -0.39 is 24.2 Å². The van der Waals surface area contributed by atoms with Crippen molar-refractivity contribution in [3.63, 3.8) is 0 Å². The largest absolute Gasteiger partial charge is 0.266 e. The molecule has 216 valence electrons. The van der Waals surface area contributed by atoms with Crippen LogP contribution in [-0.4, -0.2) is 34.1 Å². The average Bonchev–Trinajstić information content (AvgIpc) is 2.78. The van der Waals surface area contributed by atoms with E-state index in [-0.39, 0.29) is 0 Å². The van der Waals surface area contributed by atoms with Gasteiger partial charge in [0.15, 0.2) is 0 Å². The monoisotopic (exact) mass is 578 g/mol. The van der Waals surface area contributed by atoms with Crippen LogP contribution in [0.1, 0.15) is 101 Å². The molecule has 0 amide bonds. The van der Waals surface area contributed by atoms with Crippen molar-refractivity contribution < 1.29 is 0 Å². The first-order valence-corrected chi connectivity index (χ1v) is 25.2. The third-order valence-electron chi connectivity index (χ3n) is 7.74. The molecule has 0 atom stereocenters. The number of aliphatic imine (C=N–C) groups is 2. The molecule has 0 aliphatic heterocycles. The molecule has 39 heavy (non-hydrogen) atoms. The summed E-state index contributed by atoms with van der Waals surface area (Å²) in [7, 11) is -5.80. The molecule has 2 aromatic carbocycles. The molecule has 0 aliphatic rings. The summed E-state index contributed by atoms with van der Waals surface area (Å²) in [5.74, 6) is 1.75. The van der Waals surface area contributed by atoms with Gasteiger partial charge in [0, 0.05) is 0 Å². The van der Waals surface area contributed by atoms with E-state index in [0.29, 0.717) is 23.7 Å². The highest BCUT2D eigenvalue weighted by Crippen LogP contribution is 2.39. The Morgan fingerprint density at radius 1 is 0.462 bits per heavy atom. The van der Waals surface area contributed by atoms with Gasteiger partial charge in [0.1, 0.15) is 8.07 Å². The summed E-state index contributed by atoms with van der Waals surface area (Å²) in [4.78, 5) is 14.6. The normalized spacial score (nSPS) is 14.4. The van der Waals surface area contributed by atoms with Crippen LogP contribution in [0.4, 0.5) is 11.4 Å². The van der Waals surface area contributed by atoms with E-state index in [1.54, 1.807) is 0 Å². The molecule has 0 fully saturated rings. The second-order valence-electron chi connectivity index (χ2n) is 15.2. The third kappa shape index (κ3) is 7.80. The minimum Gasteiger partial charge on any atom is -0.266 e. The fourth-order valence-corrected chi connectivity index (χ4v) is 24.1. The lowest BCUT2D eigenvalue weighted by Gasteiger charge is -2.39. The Morgan fingerprint density at radius 3 is 0.872 bits per heavy atom. The zero-order valence-electron chi connectivity index (χ0n) is 28.2. The van der Waals surface area contributed by atoms with E-state index in [1.807, 2.05) is 0 Å². The third-order valence-corrected chi connectivity index (χ3v) is 21.6. The summed E-state index contributed by atoms with van der Waals surface area (Å²) in [6.07, 6.45) is 0. The lowest BCUT2D eigenvalue weighted by atomic mass is 9.93. The Hall–Kier alpha value is -1.57. The second-order valence-corrected chi connectivity index (χ2v) is 30.4. The van der Waals surface area contributed by atoms with E-state index in [0.717, 1.165) is 0 Å². The van der Waals surface area contributed by atoms with Gasteiger partial charge in [-0.25, -0.2) is 0 Å². The smallest absolute Gasteiger partial charge is 0.137 e.